The minimum Gasteiger partial charge on any atom is -0.361 e. The number of fused-ring (bicyclic) bond motifs is 1. The van der Waals surface area contributed by atoms with E-state index in [1.807, 2.05) is 68.6 Å². The summed E-state index contributed by atoms with van der Waals surface area (Å²) in [6, 6.07) is 15.3. The number of benzene rings is 2. The topological polar surface area (TPSA) is 95.1 Å². The second-order valence-corrected chi connectivity index (χ2v) is 10.3. The highest BCUT2D eigenvalue weighted by Gasteiger charge is 2.16. The van der Waals surface area contributed by atoms with Crippen LogP contribution in [-0.4, -0.2) is 33.4 Å². The molecule has 0 atom stereocenters. The van der Waals surface area contributed by atoms with E-state index in [0.29, 0.717) is 35.5 Å². The molecular weight excluding hydrogens is 472 g/mol. The highest BCUT2D eigenvalue weighted by atomic mass is 35.5. The van der Waals surface area contributed by atoms with Crippen LogP contribution in [0.2, 0.25) is 5.02 Å². The summed E-state index contributed by atoms with van der Waals surface area (Å²) < 4.78 is 0. The van der Waals surface area contributed by atoms with E-state index in [2.05, 4.69) is 51.3 Å². The Kier molecular flexibility index (Phi) is 7.40. The Hall–Kier alpha value is -3.71. The van der Waals surface area contributed by atoms with Gasteiger partial charge >= 0.3 is 0 Å². The molecule has 4 aromatic rings. The van der Waals surface area contributed by atoms with Gasteiger partial charge in [0.25, 0.3) is 5.91 Å². The smallest absolute Gasteiger partial charge is 0.257 e. The lowest BCUT2D eigenvalue weighted by Gasteiger charge is -2.19. The zero-order valence-corrected chi connectivity index (χ0v) is 22.0. The predicted molar refractivity (Wildman–Crippen MR) is 147 cm³/mol. The Morgan fingerprint density at radius 3 is 2.39 bits per heavy atom. The van der Waals surface area contributed by atoms with E-state index < -0.39 is 0 Å². The number of amides is 1. The first kappa shape index (κ1) is 25.4. The SMILES string of the molecule is Cc1cc(C)nc(NC(=NCCc2c[nH]c3ccc(Cl)cc23)NC(=O)c2ccc(C(C)(C)C)cc2)n1. The first-order valence-electron chi connectivity index (χ1n) is 11.9. The molecule has 4 rings (SSSR count). The summed E-state index contributed by atoms with van der Waals surface area (Å²) in [6.07, 6.45) is 2.63. The number of aryl methyl sites for hydroxylation is 2. The van der Waals surface area contributed by atoms with E-state index in [9.17, 15) is 4.79 Å². The van der Waals surface area contributed by atoms with Crippen LogP contribution in [0, 0.1) is 13.8 Å². The van der Waals surface area contributed by atoms with Crippen molar-refractivity contribution in [2.45, 2.75) is 46.5 Å². The summed E-state index contributed by atoms with van der Waals surface area (Å²) in [5, 5.41) is 7.74. The molecule has 2 aromatic carbocycles. The van der Waals surface area contributed by atoms with Crippen LogP contribution in [0.25, 0.3) is 10.9 Å². The number of carbonyl (C=O) groups excluding carboxylic acids is 1. The number of anilines is 1. The summed E-state index contributed by atoms with van der Waals surface area (Å²) >= 11 is 6.19. The fourth-order valence-corrected chi connectivity index (χ4v) is 4.12. The zero-order chi connectivity index (χ0) is 25.9. The van der Waals surface area contributed by atoms with Gasteiger partial charge in [-0.05, 0) is 73.2 Å². The number of halogens is 1. The van der Waals surface area contributed by atoms with Gasteiger partial charge < -0.3 is 4.98 Å². The maximum absolute atomic E-state index is 13.1. The molecule has 0 unspecified atom stereocenters. The molecule has 0 spiro atoms. The Morgan fingerprint density at radius 2 is 1.72 bits per heavy atom. The second kappa shape index (κ2) is 10.5. The van der Waals surface area contributed by atoms with Crippen molar-refractivity contribution in [3.05, 3.63) is 87.8 Å². The number of hydrogen-bond donors (Lipinski definition) is 3. The van der Waals surface area contributed by atoms with Gasteiger partial charge in [-0.3, -0.25) is 20.4 Å². The number of guanidine groups is 1. The summed E-state index contributed by atoms with van der Waals surface area (Å²) in [5.41, 5.74) is 5.48. The number of nitrogens with one attached hydrogen (secondary N) is 3. The number of aromatic nitrogens is 3. The Bertz CT molecular complexity index is 1400. The van der Waals surface area contributed by atoms with Crippen molar-refractivity contribution in [2.75, 3.05) is 11.9 Å². The van der Waals surface area contributed by atoms with Crippen LogP contribution in [0.15, 0.2) is 59.7 Å². The number of H-pyrrole nitrogens is 1. The molecule has 0 aliphatic heterocycles. The van der Waals surface area contributed by atoms with Gasteiger partial charge in [-0.1, -0.05) is 44.5 Å². The number of carbonyl (C=O) groups is 1. The fraction of sp³-hybridized carbons (Fsp3) is 0.286. The average molecular weight is 503 g/mol. The third-order valence-corrected chi connectivity index (χ3v) is 6.07. The number of hydrogen-bond acceptors (Lipinski definition) is 4. The van der Waals surface area contributed by atoms with Crippen LogP contribution in [0.5, 0.6) is 0 Å². The van der Waals surface area contributed by atoms with E-state index in [1.165, 1.54) is 0 Å². The molecular formula is C28H31ClN6O. The highest BCUT2D eigenvalue weighted by molar-refractivity contribution is 6.31. The monoisotopic (exact) mass is 502 g/mol. The van der Waals surface area contributed by atoms with Crippen molar-refractivity contribution in [1.29, 1.82) is 0 Å². The third-order valence-electron chi connectivity index (χ3n) is 5.84. The highest BCUT2D eigenvalue weighted by Crippen LogP contribution is 2.23. The van der Waals surface area contributed by atoms with Crippen molar-refractivity contribution in [1.82, 2.24) is 20.3 Å². The predicted octanol–water partition coefficient (Wildman–Crippen LogP) is 5.97. The standard InChI is InChI=1S/C28H31ClN6O/c1-17-14-18(2)33-27(32-17)35-26(34-25(36)19-6-8-21(9-7-19)28(3,4)5)30-13-12-20-16-31-24-11-10-22(29)15-23(20)24/h6-11,14-16,31H,12-13H2,1-5H3,(H2,30,32,33,34,35,36). The minimum atomic E-state index is -0.259. The normalized spacial score (nSPS) is 12.1. The molecule has 3 N–H and O–H groups in total. The minimum absolute atomic E-state index is 0.0101. The zero-order valence-electron chi connectivity index (χ0n) is 21.2. The van der Waals surface area contributed by atoms with Crippen molar-refractivity contribution >= 4 is 40.3 Å². The van der Waals surface area contributed by atoms with Gasteiger partial charge in [-0.25, -0.2) is 9.97 Å². The fourth-order valence-electron chi connectivity index (χ4n) is 3.94. The van der Waals surface area contributed by atoms with Gasteiger partial charge in [0.2, 0.25) is 11.9 Å². The number of rotatable bonds is 5. The van der Waals surface area contributed by atoms with Crippen LogP contribution in [-0.2, 0) is 11.8 Å². The lowest BCUT2D eigenvalue weighted by molar-refractivity contribution is 0.0977. The van der Waals surface area contributed by atoms with Crippen LogP contribution < -0.4 is 10.6 Å². The molecule has 0 bridgehead atoms. The maximum atomic E-state index is 13.1. The first-order valence-corrected chi connectivity index (χ1v) is 12.3. The molecule has 2 heterocycles. The van der Waals surface area contributed by atoms with Crippen LogP contribution in [0.1, 0.15) is 53.6 Å². The quantitative estimate of drug-likeness (QED) is 0.231. The van der Waals surface area contributed by atoms with Crippen molar-refractivity contribution in [3.8, 4) is 0 Å². The van der Waals surface area contributed by atoms with Crippen LogP contribution in [0.4, 0.5) is 5.95 Å². The molecule has 0 radical (unpaired) electrons. The van der Waals surface area contributed by atoms with E-state index in [0.717, 1.165) is 33.4 Å². The van der Waals surface area contributed by atoms with Crippen molar-refractivity contribution in [3.63, 3.8) is 0 Å². The van der Waals surface area contributed by atoms with E-state index in [4.69, 9.17) is 11.6 Å². The summed E-state index contributed by atoms with van der Waals surface area (Å²) in [6.45, 7) is 10.7. The molecule has 0 aliphatic rings. The molecule has 0 aliphatic carbocycles. The molecule has 36 heavy (non-hydrogen) atoms. The number of nitrogens with zero attached hydrogens (tertiary/aromatic N) is 3. The van der Waals surface area contributed by atoms with Gasteiger partial charge in [0.1, 0.15) is 0 Å². The lowest BCUT2D eigenvalue weighted by atomic mass is 9.87. The molecule has 186 valence electrons. The maximum Gasteiger partial charge on any atom is 0.257 e. The van der Waals surface area contributed by atoms with E-state index in [-0.39, 0.29) is 11.3 Å². The molecule has 8 heteroatoms. The molecule has 0 saturated carbocycles. The van der Waals surface area contributed by atoms with Gasteiger partial charge in [-0.2, -0.15) is 0 Å². The Balaban J connectivity index is 1.54. The van der Waals surface area contributed by atoms with Crippen molar-refractivity contribution in [2.24, 2.45) is 4.99 Å². The molecule has 2 aromatic heterocycles. The Morgan fingerprint density at radius 1 is 1.03 bits per heavy atom. The van der Waals surface area contributed by atoms with Crippen LogP contribution >= 0.6 is 11.6 Å². The summed E-state index contributed by atoms with van der Waals surface area (Å²) in [5.74, 6) is 0.418. The van der Waals surface area contributed by atoms with Gasteiger partial charge in [0.05, 0.1) is 0 Å². The summed E-state index contributed by atoms with van der Waals surface area (Å²) in [7, 11) is 0. The van der Waals surface area contributed by atoms with Gasteiger partial charge in [0, 0.05) is 45.6 Å². The van der Waals surface area contributed by atoms with Crippen LogP contribution in [0.3, 0.4) is 0 Å². The first-order chi connectivity index (χ1) is 17.1. The van der Waals surface area contributed by atoms with Crippen molar-refractivity contribution < 1.29 is 4.79 Å². The molecule has 7 nitrogen and oxygen atoms in total. The number of aromatic amines is 1. The molecule has 1 amide bonds. The second-order valence-electron chi connectivity index (χ2n) is 9.86. The Labute approximate surface area is 216 Å². The largest absolute Gasteiger partial charge is 0.361 e. The average Bonchev–Trinajstić information content (AvgIpc) is 3.20. The van der Waals surface area contributed by atoms with Gasteiger partial charge in [-0.15, -0.1) is 0 Å². The summed E-state index contributed by atoms with van der Waals surface area (Å²) in [4.78, 5) is 29.8. The van der Waals surface area contributed by atoms with Gasteiger partial charge in [0.15, 0.2) is 0 Å². The molecule has 0 fully saturated rings. The van der Waals surface area contributed by atoms with E-state index >= 15 is 0 Å². The molecule has 0 saturated heterocycles. The lowest BCUT2D eigenvalue weighted by Crippen LogP contribution is -2.37. The van der Waals surface area contributed by atoms with E-state index in [1.54, 1.807) is 0 Å². The number of aliphatic imine (C=N–C) groups is 1. The third kappa shape index (κ3) is 6.29.